The average Bonchev–Trinajstić information content (AvgIpc) is 2.93. The van der Waals surface area contributed by atoms with Gasteiger partial charge in [-0.1, -0.05) is 12.8 Å². The van der Waals surface area contributed by atoms with E-state index in [0.29, 0.717) is 18.5 Å². The second kappa shape index (κ2) is 6.54. The quantitative estimate of drug-likeness (QED) is 0.830. The van der Waals surface area contributed by atoms with Crippen LogP contribution in [0.2, 0.25) is 0 Å². The molecule has 1 fully saturated rings. The Balaban J connectivity index is 2.14. The molecule has 5 nitrogen and oxygen atoms in total. The van der Waals surface area contributed by atoms with Crippen molar-refractivity contribution in [2.75, 3.05) is 25.1 Å². The fraction of sp³-hybridized carbons (Fsp3) is 0.692. The Bertz CT molecular complexity index is 366. The minimum Gasteiger partial charge on any atom is -0.480 e. The van der Waals surface area contributed by atoms with Crippen molar-refractivity contribution < 1.29 is 4.74 Å². The summed E-state index contributed by atoms with van der Waals surface area (Å²) in [4.78, 5) is 11.0. The van der Waals surface area contributed by atoms with Crippen molar-refractivity contribution >= 4 is 5.82 Å². The third kappa shape index (κ3) is 3.10. The standard InChI is InChI=1S/C13H22N4O/c1-18-13-10-15-9-12(16-13)17(8-4-7-14)11-5-2-3-6-11/h9-11H,2-8,14H2,1H3. The smallest absolute Gasteiger partial charge is 0.233 e. The van der Waals surface area contributed by atoms with E-state index in [1.807, 2.05) is 6.20 Å². The number of anilines is 1. The van der Waals surface area contributed by atoms with Crippen molar-refractivity contribution in [2.45, 2.75) is 38.1 Å². The Morgan fingerprint density at radius 2 is 2.17 bits per heavy atom. The second-order valence-electron chi connectivity index (χ2n) is 4.69. The molecule has 1 aliphatic carbocycles. The van der Waals surface area contributed by atoms with E-state index < -0.39 is 0 Å². The zero-order valence-electron chi connectivity index (χ0n) is 11.0. The molecule has 2 N–H and O–H groups in total. The number of nitrogens with two attached hydrogens (primary N) is 1. The first kappa shape index (κ1) is 13.1. The van der Waals surface area contributed by atoms with Crippen LogP contribution in [-0.2, 0) is 0 Å². The van der Waals surface area contributed by atoms with Crippen molar-refractivity contribution in [3.05, 3.63) is 12.4 Å². The van der Waals surface area contributed by atoms with E-state index in [2.05, 4.69) is 14.9 Å². The zero-order valence-corrected chi connectivity index (χ0v) is 11.0. The molecule has 0 unspecified atom stereocenters. The highest BCUT2D eigenvalue weighted by atomic mass is 16.5. The first-order valence-corrected chi connectivity index (χ1v) is 6.68. The predicted octanol–water partition coefficient (Wildman–Crippen LogP) is 1.58. The lowest BCUT2D eigenvalue weighted by Gasteiger charge is -2.29. The molecule has 0 atom stereocenters. The van der Waals surface area contributed by atoms with Crippen LogP contribution in [0.25, 0.3) is 0 Å². The van der Waals surface area contributed by atoms with Gasteiger partial charge in [-0.15, -0.1) is 0 Å². The Labute approximate surface area is 108 Å². The third-order valence-electron chi connectivity index (χ3n) is 3.47. The van der Waals surface area contributed by atoms with Gasteiger partial charge >= 0.3 is 0 Å². The van der Waals surface area contributed by atoms with Gasteiger partial charge in [-0.05, 0) is 25.8 Å². The summed E-state index contributed by atoms with van der Waals surface area (Å²) in [5, 5.41) is 0. The molecule has 1 aromatic rings. The molecular weight excluding hydrogens is 228 g/mol. The largest absolute Gasteiger partial charge is 0.480 e. The van der Waals surface area contributed by atoms with E-state index in [9.17, 15) is 0 Å². The van der Waals surface area contributed by atoms with Gasteiger partial charge in [0.2, 0.25) is 5.88 Å². The number of nitrogens with zero attached hydrogens (tertiary/aromatic N) is 3. The maximum Gasteiger partial charge on any atom is 0.233 e. The fourth-order valence-corrected chi connectivity index (χ4v) is 2.54. The van der Waals surface area contributed by atoms with Crippen molar-refractivity contribution in [1.29, 1.82) is 0 Å². The first-order valence-electron chi connectivity index (χ1n) is 6.68. The number of aromatic nitrogens is 2. The summed E-state index contributed by atoms with van der Waals surface area (Å²) in [7, 11) is 1.62. The number of ether oxygens (including phenoxy) is 1. The maximum atomic E-state index is 5.62. The van der Waals surface area contributed by atoms with Crippen LogP contribution in [-0.4, -0.2) is 36.2 Å². The molecule has 0 saturated heterocycles. The fourth-order valence-electron chi connectivity index (χ4n) is 2.54. The van der Waals surface area contributed by atoms with Gasteiger partial charge < -0.3 is 15.4 Å². The Morgan fingerprint density at radius 3 is 2.83 bits per heavy atom. The summed E-state index contributed by atoms with van der Waals surface area (Å²) in [6, 6.07) is 0.581. The van der Waals surface area contributed by atoms with Gasteiger partial charge in [-0.2, -0.15) is 4.98 Å². The highest BCUT2D eigenvalue weighted by Gasteiger charge is 2.23. The minimum absolute atomic E-state index is 0.572. The van der Waals surface area contributed by atoms with E-state index >= 15 is 0 Å². The van der Waals surface area contributed by atoms with Crippen LogP contribution in [0, 0.1) is 0 Å². The van der Waals surface area contributed by atoms with Crippen LogP contribution in [0.4, 0.5) is 5.82 Å². The molecule has 2 rings (SSSR count). The van der Waals surface area contributed by atoms with Gasteiger partial charge in [-0.25, -0.2) is 0 Å². The molecule has 0 radical (unpaired) electrons. The Kier molecular flexibility index (Phi) is 4.75. The van der Waals surface area contributed by atoms with E-state index in [1.54, 1.807) is 13.3 Å². The summed E-state index contributed by atoms with van der Waals surface area (Å²) in [6.07, 6.45) is 9.53. The molecule has 0 aromatic carbocycles. The van der Waals surface area contributed by atoms with Crippen molar-refractivity contribution in [3.8, 4) is 5.88 Å². The van der Waals surface area contributed by atoms with Crippen LogP contribution < -0.4 is 15.4 Å². The highest BCUT2D eigenvalue weighted by molar-refractivity contribution is 5.39. The predicted molar refractivity (Wildman–Crippen MR) is 71.9 cm³/mol. The molecule has 1 heterocycles. The van der Waals surface area contributed by atoms with Crippen LogP contribution in [0.3, 0.4) is 0 Å². The summed E-state index contributed by atoms with van der Waals surface area (Å²) >= 11 is 0. The summed E-state index contributed by atoms with van der Waals surface area (Å²) in [6.45, 7) is 1.66. The maximum absolute atomic E-state index is 5.62. The molecule has 0 spiro atoms. The van der Waals surface area contributed by atoms with Gasteiger partial charge in [-0.3, -0.25) is 4.98 Å². The topological polar surface area (TPSA) is 64.3 Å². The second-order valence-corrected chi connectivity index (χ2v) is 4.69. The molecule has 1 aromatic heterocycles. The van der Waals surface area contributed by atoms with Crippen molar-refractivity contribution in [3.63, 3.8) is 0 Å². The minimum atomic E-state index is 0.572. The molecule has 0 amide bonds. The van der Waals surface area contributed by atoms with Gasteiger partial charge in [0.1, 0.15) is 0 Å². The van der Waals surface area contributed by atoms with Gasteiger partial charge in [0.05, 0.1) is 19.5 Å². The lowest BCUT2D eigenvalue weighted by atomic mass is 10.2. The number of hydrogen-bond donors (Lipinski definition) is 1. The molecular formula is C13H22N4O. The zero-order chi connectivity index (χ0) is 12.8. The lowest BCUT2D eigenvalue weighted by Crippen LogP contribution is -2.35. The lowest BCUT2D eigenvalue weighted by molar-refractivity contribution is 0.395. The Morgan fingerprint density at radius 1 is 1.39 bits per heavy atom. The molecule has 100 valence electrons. The van der Waals surface area contributed by atoms with Crippen LogP contribution in [0.15, 0.2) is 12.4 Å². The number of hydrogen-bond acceptors (Lipinski definition) is 5. The summed E-state index contributed by atoms with van der Waals surface area (Å²) in [5.74, 6) is 1.48. The summed E-state index contributed by atoms with van der Waals surface area (Å²) in [5.41, 5.74) is 5.62. The number of methoxy groups -OCH3 is 1. The third-order valence-corrected chi connectivity index (χ3v) is 3.47. The molecule has 5 heteroatoms. The molecule has 0 bridgehead atoms. The van der Waals surface area contributed by atoms with E-state index in [0.717, 1.165) is 18.8 Å². The van der Waals surface area contributed by atoms with E-state index in [-0.39, 0.29) is 0 Å². The van der Waals surface area contributed by atoms with Crippen molar-refractivity contribution in [2.24, 2.45) is 5.73 Å². The molecule has 18 heavy (non-hydrogen) atoms. The normalized spacial score (nSPS) is 15.9. The van der Waals surface area contributed by atoms with E-state index in [4.69, 9.17) is 10.5 Å². The van der Waals surface area contributed by atoms with Gasteiger partial charge in [0, 0.05) is 12.6 Å². The van der Waals surface area contributed by atoms with Crippen molar-refractivity contribution in [1.82, 2.24) is 9.97 Å². The molecule has 1 saturated carbocycles. The van der Waals surface area contributed by atoms with Crippen LogP contribution >= 0.6 is 0 Å². The average molecular weight is 250 g/mol. The highest BCUT2D eigenvalue weighted by Crippen LogP contribution is 2.27. The van der Waals surface area contributed by atoms with Crippen LogP contribution in [0.5, 0.6) is 5.88 Å². The monoisotopic (exact) mass is 250 g/mol. The summed E-state index contributed by atoms with van der Waals surface area (Å²) < 4.78 is 5.15. The Hall–Kier alpha value is -1.36. The van der Waals surface area contributed by atoms with Gasteiger partial charge in [0.25, 0.3) is 0 Å². The molecule has 1 aliphatic rings. The van der Waals surface area contributed by atoms with E-state index in [1.165, 1.54) is 25.7 Å². The SMILES string of the molecule is COc1cncc(N(CCCN)C2CCCC2)n1. The number of rotatable bonds is 6. The molecule has 0 aliphatic heterocycles. The first-order chi connectivity index (χ1) is 8.85. The van der Waals surface area contributed by atoms with Gasteiger partial charge in [0.15, 0.2) is 5.82 Å². The van der Waals surface area contributed by atoms with Crippen LogP contribution in [0.1, 0.15) is 32.1 Å².